The smallest absolute Gasteiger partial charge is 0.445 e. The van der Waals surface area contributed by atoms with E-state index in [4.69, 9.17) is 25.8 Å². The number of carbonyl (C=O) groups is 4. The monoisotopic (exact) mass is 687 g/mol. The highest BCUT2D eigenvalue weighted by Crippen LogP contribution is 2.28. The van der Waals surface area contributed by atoms with E-state index in [2.05, 4.69) is 16.0 Å². The van der Waals surface area contributed by atoms with Crippen LogP contribution in [0.1, 0.15) is 89.5 Å². The van der Waals surface area contributed by atoms with Crippen molar-refractivity contribution < 1.29 is 46.4 Å². The lowest BCUT2D eigenvalue weighted by atomic mass is 9.84. The largest absolute Gasteiger partial charge is 0.509 e. The molecule has 3 amide bonds. The molecule has 15 heteroatoms. The summed E-state index contributed by atoms with van der Waals surface area (Å²) < 4.78 is 50.6. The van der Waals surface area contributed by atoms with E-state index in [0.717, 1.165) is 51.4 Å². The normalized spacial score (nSPS) is 18.9. The summed E-state index contributed by atoms with van der Waals surface area (Å²) in [5.74, 6) is -1.77. The Kier molecular flexibility index (Phi) is 15.3. The van der Waals surface area contributed by atoms with Crippen LogP contribution in [0.3, 0.4) is 0 Å². The number of carbonyl (C=O) groups excluding carboxylic acids is 4. The molecule has 1 aromatic rings. The molecule has 2 fully saturated rings. The third-order valence-electron chi connectivity index (χ3n) is 8.24. The number of unbranched alkanes of at least 4 members (excludes halogenated alkanes) is 3. The Hall–Kier alpha value is -3.10. The van der Waals surface area contributed by atoms with Crippen molar-refractivity contribution in [1.82, 2.24) is 16.0 Å². The van der Waals surface area contributed by atoms with E-state index in [1.54, 1.807) is 24.3 Å². The zero-order valence-corrected chi connectivity index (χ0v) is 27.8. The van der Waals surface area contributed by atoms with E-state index in [9.17, 15) is 32.1 Å². The molecule has 4 atom stereocenters. The van der Waals surface area contributed by atoms with E-state index >= 15 is 0 Å². The second-order valence-corrected chi connectivity index (χ2v) is 13.9. The average molecular weight is 688 g/mol. The number of hydrogen-bond donors (Lipinski definition) is 4. The molecule has 2 aliphatic rings. The predicted octanol–water partition coefficient (Wildman–Crippen LogP) is 4.86. The minimum Gasteiger partial charge on any atom is -0.445 e. The summed E-state index contributed by atoms with van der Waals surface area (Å²) in [5.41, 5.74) is -1.63. The van der Waals surface area contributed by atoms with E-state index in [-0.39, 0.29) is 37.9 Å². The highest BCUT2D eigenvalue weighted by molar-refractivity contribution is 7.86. The maximum atomic E-state index is 13.8. The average Bonchev–Trinajstić information content (AvgIpc) is 3.41. The van der Waals surface area contributed by atoms with Crippen LogP contribution in [0.15, 0.2) is 24.3 Å². The van der Waals surface area contributed by atoms with Gasteiger partial charge in [0.2, 0.25) is 17.3 Å². The Bertz CT molecular complexity index is 1270. The highest BCUT2D eigenvalue weighted by Gasteiger charge is 2.42. The molecule has 4 N–H and O–H groups in total. The molecule has 1 aliphatic carbocycles. The molecule has 258 valence electrons. The summed E-state index contributed by atoms with van der Waals surface area (Å²) in [6, 6.07) is 4.05. The molecule has 13 nitrogen and oxygen atoms in total. The topological polar surface area (TPSA) is 186 Å². The van der Waals surface area contributed by atoms with Crippen LogP contribution in [0.2, 0.25) is 5.02 Å². The van der Waals surface area contributed by atoms with E-state index in [1.807, 2.05) is 6.92 Å². The quantitative estimate of drug-likeness (QED) is 0.100. The molecule has 0 aromatic heterocycles. The predicted molar refractivity (Wildman–Crippen MR) is 169 cm³/mol. The van der Waals surface area contributed by atoms with Crippen molar-refractivity contribution in [3.63, 3.8) is 0 Å². The van der Waals surface area contributed by atoms with Crippen LogP contribution >= 0.6 is 11.6 Å². The second kappa shape index (κ2) is 18.9. The van der Waals surface area contributed by atoms with Crippen LogP contribution in [-0.4, -0.2) is 67.7 Å². The number of alkyl carbamates (subject to hydrolysis) is 1. The van der Waals surface area contributed by atoms with Gasteiger partial charge in [0.1, 0.15) is 12.6 Å². The molecular formula is C31H46ClN3O10S. The molecule has 1 saturated carbocycles. The molecule has 1 heterocycles. The molecule has 1 unspecified atom stereocenters. The first-order chi connectivity index (χ1) is 22.0. The third kappa shape index (κ3) is 13.0. The van der Waals surface area contributed by atoms with Gasteiger partial charge in [0.05, 0.1) is 12.6 Å². The van der Waals surface area contributed by atoms with E-state index < -0.39 is 51.7 Å². The summed E-state index contributed by atoms with van der Waals surface area (Å²) in [6.45, 7) is 2.22. The Morgan fingerprint density at radius 2 is 1.80 bits per heavy atom. The van der Waals surface area contributed by atoms with Crippen molar-refractivity contribution in [1.29, 1.82) is 0 Å². The van der Waals surface area contributed by atoms with E-state index in [0.29, 0.717) is 30.0 Å². The van der Waals surface area contributed by atoms with Crippen molar-refractivity contribution in [2.24, 2.45) is 11.8 Å². The Labute approximate surface area is 275 Å². The number of ether oxygens (including phenoxy) is 3. The Morgan fingerprint density at radius 3 is 2.46 bits per heavy atom. The molecule has 1 aromatic carbocycles. The van der Waals surface area contributed by atoms with Gasteiger partial charge in [0.25, 0.3) is 0 Å². The van der Waals surface area contributed by atoms with Gasteiger partial charge in [-0.15, -0.1) is 0 Å². The fraction of sp³-hybridized carbons (Fsp3) is 0.677. The van der Waals surface area contributed by atoms with Crippen molar-refractivity contribution in [2.75, 3.05) is 13.2 Å². The van der Waals surface area contributed by atoms with Crippen LogP contribution in [0.25, 0.3) is 0 Å². The van der Waals surface area contributed by atoms with E-state index in [1.165, 1.54) is 0 Å². The zero-order chi connectivity index (χ0) is 33.5. The lowest BCUT2D eigenvalue weighted by Gasteiger charge is -2.30. The lowest BCUT2D eigenvalue weighted by molar-refractivity contribution is -0.126. The maximum Gasteiger partial charge on any atom is 0.509 e. The van der Waals surface area contributed by atoms with Crippen LogP contribution < -0.4 is 16.0 Å². The molecule has 0 bridgehead atoms. The SMILES string of the molecule is CCCCCCOC(=O)OC([C@H](C[C@@H]1CCNC1=O)NC(=O)[C@H](CC1CCCCC1)NC(=O)OCc1cccc(Cl)c1)S(=O)(=O)O. The fourth-order valence-electron chi connectivity index (χ4n) is 5.81. The van der Waals surface area contributed by atoms with Crippen LogP contribution in [0.5, 0.6) is 0 Å². The highest BCUT2D eigenvalue weighted by atomic mass is 35.5. The lowest BCUT2D eigenvalue weighted by Crippen LogP contribution is -2.56. The summed E-state index contributed by atoms with van der Waals surface area (Å²) in [6.07, 6.45) is 6.00. The third-order valence-corrected chi connectivity index (χ3v) is 9.49. The second-order valence-electron chi connectivity index (χ2n) is 11.9. The first-order valence-corrected chi connectivity index (χ1v) is 17.9. The van der Waals surface area contributed by atoms with Crippen molar-refractivity contribution in [2.45, 2.75) is 108 Å². The van der Waals surface area contributed by atoms with Gasteiger partial charge in [-0.25, -0.2) is 9.59 Å². The number of halogens is 1. The number of amides is 3. The molecule has 0 radical (unpaired) electrons. The fourth-order valence-corrected chi connectivity index (χ4v) is 6.82. The first kappa shape index (κ1) is 37.4. The summed E-state index contributed by atoms with van der Waals surface area (Å²) in [7, 11) is -5.11. The maximum absolute atomic E-state index is 13.8. The van der Waals surface area contributed by atoms with Crippen LogP contribution in [0.4, 0.5) is 9.59 Å². The molecular weight excluding hydrogens is 642 g/mol. The number of benzene rings is 1. The Balaban J connectivity index is 1.78. The molecule has 46 heavy (non-hydrogen) atoms. The molecule has 3 rings (SSSR count). The summed E-state index contributed by atoms with van der Waals surface area (Å²) >= 11 is 6.01. The number of rotatable bonds is 17. The summed E-state index contributed by atoms with van der Waals surface area (Å²) in [4.78, 5) is 51.5. The van der Waals surface area contributed by atoms with Crippen molar-refractivity contribution in [3.05, 3.63) is 34.9 Å². The van der Waals surface area contributed by atoms with Gasteiger partial charge in [-0.1, -0.05) is 82.0 Å². The van der Waals surface area contributed by atoms with Gasteiger partial charge < -0.3 is 30.2 Å². The van der Waals surface area contributed by atoms with Gasteiger partial charge >= 0.3 is 22.4 Å². The van der Waals surface area contributed by atoms with Crippen molar-refractivity contribution in [3.8, 4) is 0 Å². The summed E-state index contributed by atoms with van der Waals surface area (Å²) in [5, 5.41) is 8.26. The van der Waals surface area contributed by atoms with Crippen LogP contribution in [0, 0.1) is 11.8 Å². The van der Waals surface area contributed by atoms with Gasteiger partial charge in [0, 0.05) is 17.5 Å². The number of nitrogens with one attached hydrogen (secondary N) is 3. The molecule has 1 aliphatic heterocycles. The minimum atomic E-state index is -5.11. The standard InChI is InChI=1S/C31H46ClN3O10S/c1-2-3-4-8-16-43-31(39)45-29(46(40,41)42)26(19-23-14-15-33-27(23)36)34-28(37)25(18-21-10-6-5-7-11-21)35-30(38)44-20-22-12-9-13-24(32)17-22/h9,12-13,17,21,23,25-26,29H,2-8,10-11,14-16,18-20H2,1H3,(H,33,36)(H,34,37)(H,35,38)(H,40,41,42)/t23-,25-,26-,29?/m0/s1. The van der Waals surface area contributed by atoms with Gasteiger partial charge in [-0.3, -0.25) is 14.1 Å². The zero-order valence-electron chi connectivity index (χ0n) is 26.2. The van der Waals surface area contributed by atoms with Gasteiger partial charge in [-0.05, 0) is 49.3 Å². The van der Waals surface area contributed by atoms with Crippen molar-refractivity contribution >= 4 is 45.8 Å². The van der Waals surface area contributed by atoms with Gasteiger partial charge in [-0.2, -0.15) is 8.42 Å². The minimum absolute atomic E-state index is 0.0240. The molecule has 0 spiro atoms. The molecule has 1 saturated heterocycles. The Morgan fingerprint density at radius 1 is 1.04 bits per heavy atom. The number of hydrogen-bond acceptors (Lipinski definition) is 9. The van der Waals surface area contributed by atoms with Crippen LogP contribution in [-0.2, 0) is 40.5 Å². The van der Waals surface area contributed by atoms with Gasteiger partial charge in [0.15, 0.2) is 0 Å². The first-order valence-electron chi connectivity index (χ1n) is 16.0.